The first kappa shape index (κ1) is 14.0. The van der Waals surface area contributed by atoms with Crippen molar-refractivity contribution in [1.29, 1.82) is 0 Å². The lowest BCUT2D eigenvalue weighted by atomic mass is 10.2. The predicted octanol–water partition coefficient (Wildman–Crippen LogP) is 3.97. The number of nitrogens with one attached hydrogen (secondary N) is 1. The smallest absolute Gasteiger partial charge is 0.127 e. The molecule has 0 fully saturated rings. The average Bonchev–Trinajstić information content (AvgIpc) is 2.89. The van der Waals surface area contributed by atoms with Gasteiger partial charge in [-0.2, -0.15) is 11.3 Å². The molecule has 0 bridgehead atoms. The summed E-state index contributed by atoms with van der Waals surface area (Å²) in [4.78, 5) is 0. The van der Waals surface area contributed by atoms with Crippen LogP contribution in [0.25, 0.3) is 0 Å². The summed E-state index contributed by atoms with van der Waals surface area (Å²) in [6.07, 6.45) is 1.07. The second-order valence-corrected chi connectivity index (χ2v) is 5.17. The van der Waals surface area contributed by atoms with Crippen LogP contribution in [0.1, 0.15) is 24.5 Å². The molecule has 0 saturated heterocycles. The van der Waals surface area contributed by atoms with Gasteiger partial charge in [-0.25, -0.2) is 4.39 Å². The summed E-state index contributed by atoms with van der Waals surface area (Å²) < 4.78 is 19.1. The van der Waals surface area contributed by atoms with Crippen LogP contribution in [-0.2, 0) is 13.2 Å². The van der Waals surface area contributed by atoms with Crippen molar-refractivity contribution in [1.82, 2.24) is 5.32 Å². The Morgan fingerprint density at radius 1 is 1.26 bits per heavy atom. The van der Waals surface area contributed by atoms with Crippen LogP contribution in [0.4, 0.5) is 4.39 Å². The fourth-order valence-corrected chi connectivity index (χ4v) is 2.41. The quantitative estimate of drug-likeness (QED) is 0.774. The van der Waals surface area contributed by atoms with Gasteiger partial charge in [0.1, 0.15) is 18.2 Å². The Morgan fingerprint density at radius 2 is 2.16 bits per heavy atom. The molecular formula is C15H18FNOS. The van der Waals surface area contributed by atoms with Crippen LogP contribution in [0, 0.1) is 5.82 Å². The number of hydrogen-bond acceptors (Lipinski definition) is 3. The Hall–Kier alpha value is -1.39. The number of hydrogen-bond donors (Lipinski definition) is 1. The average molecular weight is 279 g/mol. The molecule has 0 aliphatic rings. The van der Waals surface area contributed by atoms with Crippen molar-refractivity contribution in [2.75, 3.05) is 6.54 Å². The van der Waals surface area contributed by atoms with Crippen molar-refractivity contribution >= 4 is 11.3 Å². The van der Waals surface area contributed by atoms with E-state index in [1.165, 1.54) is 6.07 Å². The third-order valence-electron chi connectivity index (χ3n) is 2.67. The first-order valence-electron chi connectivity index (χ1n) is 6.42. The molecule has 102 valence electrons. The highest BCUT2D eigenvalue weighted by Gasteiger charge is 2.03. The molecule has 0 amide bonds. The van der Waals surface area contributed by atoms with Crippen LogP contribution >= 0.6 is 11.3 Å². The summed E-state index contributed by atoms with van der Waals surface area (Å²) in [6, 6.07) is 6.86. The summed E-state index contributed by atoms with van der Waals surface area (Å²) in [7, 11) is 0. The van der Waals surface area contributed by atoms with Crippen molar-refractivity contribution < 1.29 is 9.13 Å². The number of benzene rings is 1. The third kappa shape index (κ3) is 4.65. The predicted molar refractivity (Wildman–Crippen MR) is 77.0 cm³/mol. The molecule has 2 aromatic rings. The van der Waals surface area contributed by atoms with Gasteiger partial charge in [0.15, 0.2) is 0 Å². The minimum atomic E-state index is -0.254. The van der Waals surface area contributed by atoms with E-state index in [1.807, 2.05) is 22.9 Å². The first-order chi connectivity index (χ1) is 9.28. The maximum absolute atomic E-state index is 13.5. The van der Waals surface area contributed by atoms with E-state index in [1.54, 1.807) is 17.4 Å². The summed E-state index contributed by atoms with van der Waals surface area (Å²) in [5, 5.41) is 7.29. The highest BCUT2D eigenvalue weighted by molar-refractivity contribution is 7.07. The van der Waals surface area contributed by atoms with Crippen molar-refractivity contribution in [3.05, 3.63) is 52.0 Å². The van der Waals surface area contributed by atoms with Gasteiger partial charge >= 0.3 is 0 Å². The third-order valence-corrected chi connectivity index (χ3v) is 3.40. The van der Waals surface area contributed by atoms with Gasteiger partial charge in [0.2, 0.25) is 0 Å². The number of halogens is 1. The molecule has 0 unspecified atom stereocenters. The van der Waals surface area contributed by atoms with Gasteiger partial charge in [-0.3, -0.25) is 0 Å². The maximum atomic E-state index is 13.5. The second-order valence-electron chi connectivity index (χ2n) is 4.39. The van der Waals surface area contributed by atoms with E-state index >= 15 is 0 Å². The van der Waals surface area contributed by atoms with Gasteiger partial charge in [-0.05, 0) is 53.1 Å². The zero-order chi connectivity index (χ0) is 13.5. The van der Waals surface area contributed by atoms with E-state index in [2.05, 4.69) is 12.2 Å². The molecule has 1 aromatic carbocycles. The van der Waals surface area contributed by atoms with E-state index in [0.29, 0.717) is 18.9 Å². The molecule has 1 aromatic heterocycles. The van der Waals surface area contributed by atoms with Gasteiger partial charge < -0.3 is 10.1 Å². The lowest BCUT2D eigenvalue weighted by molar-refractivity contribution is 0.304. The highest BCUT2D eigenvalue weighted by Crippen LogP contribution is 2.18. The zero-order valence-electron chi connectivity index (χ0n) is 11.0. The fraction of sp³-hybridized carbons (Fsp3) is 0.333. The minimum Gasteiger partial charge on any atom is -0.489 e. The van der Waals surface area contributed by atoms with Gasteiger partial charge in [0.25, 0.3) is 0 Å². The van der Waals surface area contributed by atoms with Crippen LogP contribution < -0.4 is 10.1 Å². The molecule has 0 spiro atoms. The first-order valence-corrected chi connectivity index (χ1v) is 7.36. The van der Waals surface area contributed by atoms with Crippen LogP contribution in [0.15, 0.2) is 35.0 Å². The van der Waals surface area contributed by atoms with E-state index in [4.69, 9.17) is 4.74 Å². The molecular weight excluding hydrogens is 261 g/mol. The van der Waals surface area contributed by atoms with Gasteiger partial charge in [-0.1, -0.05) is 6.92 Å². The zero-order valence-corrected chi connectivity index (χ0v) is 11.8. The Labute approximate surface area is 117 Å². The Kier molecular flexibility index (Phi) is 5.36. The van der Waals surface area contributed by atoms with E-state index in [9.17, 15) is 4.39 Å². The minimum absolute atomic E-state index is 0.254. The molecule has 0 aliphatic carbocycles. The number of thiophene rings is 1. The molecule has 1 N–H and O–H groups in total. The standard InChI is InChI=1S/C15H18FNOS/c1-2-4-17-9-13-6-14(16)8-15(7-13)18-10-12-3-5-19-11-12/h3,5-8,11,17H,2,4,9-10H2,1H3. The van der Waals surface area contributed by atoms with Crippen molar-refractivity contribution in [3.63, 3.8) is 0 Å². The van der Waals surface area contributed by atoms with E-state index < -0.39 is 0 Å². The molecule has 0 aliphatic heterocycles. The maximum Gasteiger partial charge on any atom is 0.127 e. The summed E-state index contributed by atoms with van der Waals surface area (Å²) >= 11 is 1.63. The lowest BCUT2D eigenvalue weighted by Gasteiger charge is -2.09. The summed E-state index contributed by atoms with van der Waals surface area (Å²) in [5.74, 6) is 0.329. The summed E-state index contributed by atoms with van der Waals surface area (Å²) in [6.45, 7) is 4.19. The SMILES string of the molecule is CCCNCc1cc(F)cc(OCc2ccsc2)c1. The van der Waals surface area contributed by atoms with E-state index in [-0.39, 0.29) is 5.82 Å². The monoisotopic (exact) mass is 279 g/mol. The van der Waals surface area contributed by atoms with Crippen LogP contribution in [0.2, 0.25) is 0 Å². The van der Waals surface area contributed by atoms with Crippen molar-refractivity contribution in [3.8, 4) is 5.75 Å². The van der Waals surface area contributed by atoms with E-state index in [0.717, 1.165) is 24.1 Å². The molecule has 0 saturated carbocycles. The largest absolute Gasteiger partial charge is 0.489 e. The van der Waals surface area contributed by atoms with Gasteiger partial charge in [-0.15, -0.1) is 0 Å². The van der Waals surface area contributed by atoms with Crippen LogP contribution in [0.5, 0.6) is 5.75 Å². The molecule has 0 radical (unpaired) electrons. The molecule has 2 nitrogen and oxygen atoms in total. The fourth-order valence-electron chi connectivity index (χ4n) is 1.76. The summed E-state index contributed by atoms with van der Waals surface area (Å²) in [5.41, 5.74) is 2.02. The highest BCUT2D eigenvalue weighted by atomic mass is 32.1. The Morgan fingerprint density at radius 3 is 2.89 bits per heavy atom. The topological polar surface area (TPSA) is 21.3 Å². The lowest BCUT2D eigenvalue weighted by Crippen LogP contribution is -2.14. The van der Waals surface area contributed by atoms with Gasteiger partial charge in [0, 0.05) is 12.6 Å². The second kappa shape index (κ2) is 7.26. The molecule has 0 atom stereocenters. The molecule has 19 heavy (non-hydrogen) atoms. The van der Waals surface area contributed by atoms with Gasteiger partial charge in [0.05, 0.1) is 0 Å². The van der Waals surface area contributed by atoms with Crippen molar-refractivity contribution in [2.45, 2.75) is 26.5 Å². The molecule has 4 heteroatoms. The van der Waals surface area contributed by atoms with Crippen molar-refractivity contribution in [2.24, 2.45) is 0 Å². The Balaban J connectivity index is 1.95. The Bertz CT molecular complexity index is 499. The molecule has 1 heterocycles. The number of rotatable bonds is 7. The normalized spacial score (nSPS) is 10.6. The molecule has 2 rings (SSSR count). The van der Waals surface area contributed by atoms with Crippen LogP contribution in [-0.4, -0.2) is 6.54 Å². The van der Waals surface area contributed by atoms with Crippen LogP contribution in [0.3, 0.4) is 0 Å². The number of ether oxygens (including phenoxy) is 1.